The van der Waals surface area contributed by atoms with Crippen molar-refractivity contribution in [1.29, 1.82) is 0 Å². The molecule has 0 N–H and O–H groups in total. The summed E-state index contributed by atoms with van der Waals surface area (Å²) in [5.74, 6) is 1.52. The Bertz CT molecular complexity index is 980. The lowest BCUT2D eigenvalue weighted by molar-refractivity contribution is -0.228. The van der Waals surface area contributed by atoms with Crippen molar-refractivity contribution in [2.24, 2.45) is 0 Å². The van der Waals surface area contributed by atoms with E-state index in [1.54, 1.807) is 50.0 Å². The van der Waals surface area contributed by atoms with Crippen molar-refractivity contribution in [1.82, 2.24) is 0 Å². The summed E-state index contributed by atoms with van der Waals surface area (Å²) >= 11 is 7.31. The summed E-state index contributed by atoms with van der Waals surface area (Å²) in [7, 11) is 4.71. The first-order valence-electron chi connectivity index (χ1n) is 10.9. The van der Waals surface area contributed by atoms with Crippen molar-refractivity contribution >= 4 is 95.4 Å². The number of hydrogen-bond acceptors (Lipinski definition) is 9. The molecule has 1 heterocycles. The summed E-state index contributed by atoms with van der Waals surface area (Å²) in [6.07, 6.45) is 0.0491. The van der Waals surface area contributed by atoms with Crippen LogP contribution in [0.4, 0.5) is 0 Å². The summed E-state index contributed by atoms with van der Waals surface area (Å²) in [5.41, 5.74) is 2.34. The van der Waals surface area contributed by atoms with Crippen LogP contribution in [0.25, 0.3) is 0 Å². The average Bonchev–Trinajstić information content (AvgIpc) is 2.92. The second kappa shape index (κ2) is 17.8. The molecule has 1 saturated heterocycles. The molecule has 0 aromatic heterocycles. The van der Waals surface area contributed by atoms with Crippen molar-refractivity contribution in [2.45, 2.75) is 44.6 Å². The second-order valence-corrected chi connectivity index (χ2v) is 10.3. The Kier molecular flexibility index (Phi) is 16.1. The Labute approximate surface area is 273 Å². The third-order valence-electron chi connectivity index (χ3n) is 5.50. The molecule has 4 atom stereocenters. The molecule has 206 valence electrons. The highest BCUT2D eigenvalue weighted by molar-refractivity contribution is 14.1. The van der Waals surface area contributed by atoms with Gasteiger partial charge in [-0.1, -0.05) is 30.3 Å². The lowest BCUT2D eigenvalue weighted by atomic mass is 10.0. The Morgan fingerprint density at radius 1 is 1.03 bits per heavy atom. The molecule has 13 heteroatoms. The van der Waals surface area contributed by atoms with Crippen LogP contribution in [0.1, 0.15) is 27.9 Å². The molecule has 0 aliphatic carbocycles. The molecule has 0 spiro atoms. The van der Waals surface area contributed by atoms with Crippen LogP contribution in [0, 0.1) is 6.92 Å². The molecule has 1 fully saturated rings. The zero-order valence-electron chi connectivity index (χ0n) is 20.6. The van der Waals surface area contributed by atoms with Crippen LogP contribution in [0.5, 0.6) is 17.2 Å². The van der Waals surface area contributed by atoms with E-state index in [4.69, 9.17) is 32.9 Å². The van der Waals surface area contributed by atoms with E-state index in [0.29, 0.717) is 42.4 Å². The van der Waals surface area contributed by atoms with E-state index < -0.39 is 0 Å². The van der Waals surface area contributed by atoms with Crippen molar-refractivity contribution in [3.05, 3.63) is 53.1 Å². The molecular weight excluding hydrogens is 940 g/mol. The SMILES string of the molecule is CO[C@@H]1CC(OI)[C@H](OI)C(COI)O1.COc1cc(C(=O)I)c(C)c(OC)c1OCc1ccccc1. The van der Waals surface area contributed by atoms with Crippen LogP contribution in [0.2, 0.25) is 0 Å². The highest BCUT2D eigenvalue weighted by Crippen LogP contribution is 2.42. The number of carbonyl (C=O) groups is 1. The fourth-order valence-electron chi connectivity index (χ4n) is 3.62. The highest BCUT2D eigenvalue weighted by atomic mass is 127. The fraction of sp³-hybridized carbons (Fsp3) is 0.458. The normalized spacial score (nSPS) is 21.0. The van der Waals surface area contributed by atoms with Gasteiger partial charge in [-0.3, -0.25) is 4.79 Å². The highest BCUT2D eigenvalue weighted by Gasteiger charge is 2.40. The van der Waals surface area contributed by atoms with Gasteiger partial charge in [0.15, 0.2) is 17.8 Å². The number of halogens is 4. The van der Waals surface area contributed by atoms with Gasteiger partial charge in [-0.05, 0) is 18.6 Å². The molecule has 0 saturated carbocycles. The van der Waals surface area contributed by atoms with Gasteiger partial charge in [0.25, 0.3) is 0 Å². The first kappa shape index (κ1) is 33.4. The summed E-state index contributed by atoms with van der Waals surface area (Å²) in [6.45, 7) is 2.68. The van der Waals surface area contributed by atoms with Crippen LogP contribution in [0.3, 0.4) is 0 Å². The number of benzene rings is 2. The van der Waals surface area contributed by atoms with Crippen LogP contribution in [0.15, 0.2) is 36.4 Å². The molecular formula is C24H28I4O9. The Hall–Kier alpha value is 0.230. The monoisotopic (exact) mass is 968 g/mol. The summed E-state index contributed by atoms with van der Waals surface area (Å²) in [5, 5.41) is 0. The molecule has 1 aliphatic heterocycles. The summed E-state index contributed by atoms with van der Waals surface area (Å²) < 4.78 is 43.1. The number of ether oxygens (including phenoxy) is 5. The topological polar surface area (TPSA) is 90.9 Å². The molecule has 1 aliphatic rings. The largest absolute Gasteiger partial charge is 0.493 e. The van der Waals surface area contributed by atoms with Crippen LogP contribution >= 0.6 is 91.6 Å². The van der Waals surface area contributed by atoms with Gasteiger partial charge in [-0.25, -0.2) is 0 Å². The summed E-state index contributed by atoms with van der Waals surface area (Å²) in [4.78, 5) is 11.7. The molecule has 2 aromatic rings. The van der Waals surface area contributed by atoms with E-state index in [2.05, 4.69) is 0 Å². The van der Waals surface area contributed by atoms with Gasteiger partial charge in [-0.2, -0.15) is 0 Å². The molecule has 2 aromatic carbocycles. The number of methoxy groups -OCH3 is 3. The Morgan fingerprint density at radius 2 is 1.73 bits per heavy atom. The van der Waals surface area contributed by atoms with Gasteiger partial charge in [-0.15, -0.1) is 0 Å². The van der Waals surface area contributed by atoms with Gasteiger partial charge in [0.2, 0.25) is 9.54 Å². The second-order valence-electron chi connectivity index (χ2n) is 7.69. The minimum Gasteiger partial charge on any atom is -0.493 e. The van der Waals surface area contributed by atoms with Crippen molar-refractivity contribution < 1.29 is 37.7 Å². The third kappa shape index (κ3) is 9.68. The molecule has 2 unspecified atom stereocenters. The number of hydrogen-bond donors (Lipinski definition) is 0. The maximum absolute atomic E-state index is 11.7. The van der Waals surface area contributed by atoms with Crippen LogP contribution in [-0.4, -0.2) is 56.3 Å². The quantitative estimate of drug-likeness (QED) is 0.179. The van der Waals surface area contributed by atoms with Gasteiger partial charge in [0.05, 0.1) is 20.8 Å². The van der Waals surface area contributed by atoms with Gasteiger partial charge in [0.1, 0.15) is 93.9 Å². The maximum atomic E-state index is 11.7. The van der Waals surface area contributed by atoms with E-state index >= 15 is 0 Å². The van der Waals surface area contributed by atoms with Gasteiger partial charge in [0, 0.05) is 47.2 Å². The predicted molar refractivity (Wildman–Crippen MR) is 171 cm³/mol. The van der Waals surface area contributed by atoms with Crippen molar-refractivity contribution in [2.75, 3.05) is 27.9 Å². The Morgan fingerprint density at radius 3 is 2.24 bits per heavy atom. The minimum absolute atomic E-state index is 0.0438. The third-order valence-corrected chi connectivity index (χ3v) is 7.68. The smallest absolute Gasteiger partial charge is 0.222 e. The fourth-order valence-corrected chi connectivity index (χ4v) is 5.68. The Balaban J connectivity index is 0.000000281. The van der Waals surface area contributed by atoms with E-state index in [0.717, 1.165) is 11.1 Å². The van der Waals surface area contributed by atoms with Crippen molar-refractivity contribution in [3.8, 4) is 17.2 Å². The van der Waals surface area contributed by atoms with E-state index in [-0.39, 0.29) is 28.4 Å². The van der Waals surface area contributed by atoms with Crippen molar-refractivity contribution in [3.63, 3.8) is 0 Å². The lowest BCUT2D eigenvalue weighted by Gasteiger charge is -2.37. The van der Waals surface area contributed by atoms with Gasteiger partial charge < -0.3 is 32.9 Å². The first-order chi connectivity index (χ1) is 17.8. The minimum atomic E-state index is -0.260. The number of rotatable bonds is 11. The molecule has 0 bridgehead atoms. The summed E-state index contributed by atoms with van der Waals surface area (Å²) in [6, 6.07) is 11.5. The zero-order chi connectivity index (χ0) is 27.4. The lowest BCUT2D eigenvalue weighted by Crippen LogP contribution is -2.50. The van der Waals surface area contributed by atoms with E-state index in [9.17, 15) is 4.79 Å². The van der Waals surface area contributed by atoms with Crippen LogP contribution < -0.4 is 14.2 Å². The number of carbonyl (C=O) groups excluding carboxylic acids is 1. The molecule has 37 heavy (non-hydrogen) atoms. The van der Waals surface area contributed by atoms with Gasteiger partial charge >= 0.3 is 0 Å². The average molecular weight is 968 g/mol. The molecule has 3 rings (SSSR count). The van der Waals surface area contributed by atoms with Crippen LogP contribution in [-0.2, 0) is 25.3 Å². The van der Waals surface area contributed by atoms with E-state index in [1.165, 1.54) is 0 Å². The van der Waals surface area contributed by atoms with E-state index in [1.807, 2.05) is 106 Å². The first-order valence-corrected chi connectivity index (χ1v) is 14.7. The standard InChI is InChI=1S/C17H17IO4.C7H11I3O5/c1-11-13(17(18)19)9-14(20-2)16(15(11)21-3)22-10-12-7-5-4-6-8-12;1-11-6-2-4(14-9)7(15-10)5(13-6)3-12-8/h4-9H,10H2,1-3H3;4-7H,2-3H2,1H3/t;4?,5?,6-,7-/m.0/s1. The maximum Gasteiger partial charge on any atom is 0.222 e. The zero-order valence-corrected chi connectivity index (χ0v) is 29.2. The predicted octanol–water partition coefficient (Wildman–Crippen LogP) is 6.75. The molecule has 9 nitrogen and oxygen atoms in total. The molecule has 0 radical (unpaired) electrons. The molecule has 0 amide bonds.